The molecule has 1 N–H and O–H groups in total. The second kappa shape index (κ2) is 17.9. The van der Waals surface area contributed by atoms with Crippen LogP contribution in [0.1, 0.15) is 99.1 Å². The van der Waals surface area contributed by atoms with Crippen LogP contribution in [0, 0.1) is 23.8 Å². The van der Waals surface area contributed by atoms with Crippen LogP contribution in [0.5, 0.6) is 0 Å². The smallest absolute Gasteiger partial charge is 0.162 e. The number of furan rings is 1. The van der Waals surface area contributed by atoms with Gasteiger partial charge < -0.3 is 9.52 Å². The number of rotatable bonds is 11. The van der Waals surface area contributed by atoms with E-state index in [4.69, 9.17) is 14.4 Å². The van der Waals surface area contributed by atoms with Gasteiger partial charge in [0.05, 0.1) is 5.76 Å². The number of carbonyl (C=O) groups excluding carboxylic acids is 1. The fourth-order valence-corrected chi connectivity index (χ4v) is 6.26. The molecule has 3 aromatic heterocycles. The predicted molar refractivity (Wildman–Crippen MR) is 200 cm³/mol. The predicted octanol–water partition coefficient (Wildman–Crippen LogP) is 11.9. The first kappa shape index (κ1) is 39.8. The molecule has 6 heteroatoms. The minimum atomic E-state index is 0. The Morgan fingerprint density at radius 1 is 0.939 bits per heavy atom. The van der Waals surface area contributed by atoms with Crippen LogP contribution >= 0.6 is 0 Å². The van der Waals surface area contributed by atoms with Crippen molar-refractivity contribution >= 4 is 27.7 Å². The number of hydrogen-bond donors (Lipinski definition) is 1. The van der Waals surface area contributed by atoms with Gasteiger partial charge in [-0.15, -0.1) is 29.1 Å². The summed E-state index contributed by atoms with van der Waals surface area (Å²) in [5.74, 6) is 1.13. The van der Waals surface area contributed by atoms with Crippen molar-refractivity contribution in [3.8, 4) is 22.4 Å². The molecule has 0 aliphatic carbocycles. The summed E-state index contributed by atoms with van der Waals surface area (Å²) in [4.78, 5) is 21.1. The number of aromatic nitrogens is 2. The van der Waals surface area contributed by atoms with Crippen molar-refractivity contribution in [2.75, 3.05) is 0 Å². The molecule has 1 radical (unpaired) electrons. The Morgan fingerprint density at radius 3 is 2.24 bits per heavy atom. The molecule has 3 heterocycles. The number of aliphatic hydroxyl groups is 1. The summed E-state index contributed by atoms with van der Waals surface area (Å²) in [6.07, 6.45) is 11.5. The Labute approximate surface area is 307 Å². The molecule has 0 amide bonds. The first-order chi connectivity index (χ1) is 22.9. The van der Waals surface area contributed by atoms with Crippen LogP contribution in [-0.2, 0) is 36.7 Å². The van der Waals surface area contributed by atoms with Gasteiger partial charge in [-0.2, -0.15) is 0 Å². The number of pyridine rings is 2. The third kappa shape index (κ3) is 9.99. The van der Waals surface area contributed by atoms with Gasteiger partial charge >= 0.3 is 0 Å². The normalized spacial score (nSPS) is 12.0. The van der Waals surface area contributed by atoms with Crippen LogP contribution < -0.4 is 0 Å². The van der Waals surface area contributed by atoms with Gasteiger partial charge in [0, 0.05) is 61.7 Å². The number of nitrogens with zero attached hydrogens (tertiary/aromatic N) is 2. The van der Waals surface area contributed by atoms with Gasteiger partial charge in [0.25, 0.3) is 0 Å². The van der Waals surface area contributed by atoms with Gasteiger partial charge in [0.2, 0.25) is 0 Å². The number of allylic oxidation sites excluding steroid dienone is 2. The fourth-order valence-electron chi connectivity index (χ4n) is 6.26. The molecular weight excluding hydrogens is 785 g/mol. The molecule has 49 heavy (non-hydrogen) atoms. The standard InChI is InChI=1S/C30H29N2O.C13H24O2.Ir/c1-19(2)12-20-13-28-29(32-17-20)25(18-33-28)22-10-11-31-27(16-22)23-14-21-8-6-7-9-24(21)26(15-23)30(3,4)5;1-5-10(6-2)12(14)9-13(15)11(7-3)8-4;/h6-11,13,15-19H,12H2,1-5H3;9-11,14H,5-8H2,1-4H3;/q-1;;/b;12-9-;. The van der Waals surface area contributed by atoms with Gasteiger partial charge in [-0.05, 0) is 66.7 Å². The Kier molecular flexibility index (Phi) is 14.5. The summed E-state index contributed by atoms with van der Waals surface area (Å²) in [6.45, 7) is 19.2. The van der Waals surface area contributed by atoms with E-state index in [1.807, 2.05) is 46.2 Å². The van der Waals surface area contributed by atoms with Gasteiger partial charge in [0.15, 0.2) is 11.4 Å². The molecule has 0 saturated carbocycles. The first-order valence-corrected chi connectivity index (χ1v) is 17.6. The summed E-state index contributed by atoms with van der Waals surface area (Å²) in [5, 5.41) is 12.1. The van der Waals surface area contributed by atoms with Crippen LogP contribution in [0.25, 0.3) is 44.3 Å². The maximum atomic E-state index is 11.7. The number of hydrogen-bond acceptors (Lipinski definition) is 5. The minimum Gasteiger partial charge on any atom is -0.512 e. The van der Waals surface area contributed by atoms with E-state index in [9.17, 15) is 9.90 Å². The molecule has 5 rings (SSSR count). The van der Waals surface area contributed by atoms with Crippen molar-refractivity contribution in [2.45, 2.75) is 99.8 Å². The second-order valence-electron chi connectivity index (χ2n) is 14.3. The Hall–Kier alpha value is -3.60. The van der Waals surface area contributed by atoms with Crippen molar-refractivity contribution in [2.24, 2.45) is 17.8 Å². The summed E-state index contributed by atoms with van der Waals surface area (Å²) in [6, 6.07) is 20.5. The van der Waals surface area contributed by atoms with Gasteiger partial charge in [0.1, 0.15) is 11.8 Å². The van der Waals surface area contributed by atoms with Gasteiger partial charge in [-0.3, -0.25) is 14.8 Å². The zero-order chi connectivity index (χ0) is 35.0. The molecule has 0 spiro atoms. The maximum Gasteiger partial charge on any atom is 0.162 e. The molecule has 0 saturated heterocycles. The Morgan fingerprint density at radius 2 is 1.61 bits per heavy atom. The van der Waals surface area contributed by atoms with E-state index in [0.29, 0.717) is 5.92 Å². The minimum absolute atomic E-state index is 0. The van der Waals surface area contributed by atoms with Crippen molar-refractivity contribution in [3.63, 3.8) is 0 Å². The van der Waals surface area contributed by atoms with Crippen LogP contribution in [0.15, 0.2) is 83.4 Å². The topological polar surface area (TPSA) is 76.2 Å². The summed E-state index contributed by atoms with van der Waals surface area (Å²) >= 11 is 0. The molecule has 5 aromatic rings. The average Bonchev–Trinajstić information content (AvgIpc) is 3.48. The summed E-state index contributed by atoms with van der Waals surface area (Å²) in [5.41, 5.74) is 8.16. The van der Waals surface area contributed by atoms with Crippen molar-refractivity contribution in [3.05, 3.63) is 96.2 Å². The molecule has 0 aliphatic rings. The van der Waals surface area contributed by atoms with E-state index in [1.54, 1.807) is 6.26 Å². The van der Waals surface area contributed by atoms with E-state index in [2.05, 4.69) is 83.1 Å². The van der Waals surface area contributed by atoms with Crippen LogP contribution in [0.2, 0.25) is 0 Å². The molecule has 0 fully saturated rings. The number of benzene rings is 2. The van der Waals surface area contributed by atoms with Crippen LogP contribution in [-0.4, -0.2) is 20.9 Å². The average molecular weight is 838 g/mol. The molecule has 263 valence electrons. The van der Waals surface area contributed by atoms with Crippen molar-refractivity contribution in [1.82, 2.24) is 9.97 Å². The molecule has 2 aromatic carbocycles. The molecule has 0 atom stereocenters. The van der Waals surface area contributed by atoms with E-state index >= 15 is 0 Å². The third-order valence-electron chi connectivity index (χ3n) is 9.12. The van der Waals surface area contributed by atoms with Crippen molar-refractivity contribution < 1.29 is 34.4 Å². The number of carbonyl (C=O) groups is 1. The van der Waals surface area contributed by atoms with E-state index < -0.39 is 0 Å². The number of fused-ring (bicyclic) bond motifs is 2. The SMILES string of the molecule is CC(C)Cc1cnc2c(-c3ccnc(-c4[c-]c5ccccc5c(C(C)(C)C)c4)c3)coc2c1.CCC(CC)C(=O)/C=C(\O)C(CC)CC.[Ir]. The monoisotopic (exact) mass is 838 g/mol. The first-order valence-electron chi connectivity index (χ1n) is 17.6. The zero-order valence-corrected chi connectivity index (χ0v) is 33.1. The fraction of sp³-hybridized carbons (Fsp3) is 0.419. The summed E-state index contributed by atoms with van der Waals surface area (Å²) < 4.78 is 5.90. The Bertz CT molecular complexity index is 1860. The molecule has 0 bridgehead atoms. The molecule has 0 unspecified atom stereocenters. The van der Waals surface area contributed by atoms with E-state index in [1.165, 1.54) is 22.6 Å². The third-order valence-corrected chi connectivity index (χ3v) is 9.12. The Balaban J connectivity index is 0.000000347. The van der Waals surface area contributed by atoms with Crippen molar-refractivity contribution in [1.29, 1.82) is 0 Å². The van der Waals surface area contributed by atoms with Crippen LogP contribution in [0.3, 0.4) is 0 Å². The number of ketones is 1. The maximum absolute atomic E-state index is 11.7. The van der Waals surface area contributed by atoms with E-state index in [0.717, 1.165) is 71.0 Å². The molecular formula is C43H53IrN2O3-. The summed E-state index contributed by atoms with van der Waals surface area (Å²) in [7, 11) is 0. The molecule has 5 nitrogen and oxygen atoms in total. The number of aliphatic hydroxyl groups excluding tert-OH is 1. The second-order valence-corrected chi connectivity index (χ2v) is 14.3. The van der Waals surface area contributed by atoms with E-state index in [-0.39, 0.29) is 48.9 Å². The largest absolute Gasteiger partial charge is 0.512 e. The zero-order valence-electron chi connectivity index (χ0n) is 30.7. The molecule has 0 aliphatic heterocycles. The quantitative estimate of drug-likeness (QED) is 0.0815. The van der Waals surface area contributed by atoms with Gasteiger partial charge in [-0.1, -0.05) is 97.5 Å². The van der Waals surface area contributed by atoms with Gasteiger partial charge in [-0.25, -0.2) is 0 Å². The van der Waals surface area contributed by atoms with Crippen LogP contribution in [0.4, 0.5) is 0 Å².